The summed E-state index contributed by atoms with van der Waals surface area (Å²) in [6.07, 6.45) is -4.44. The molecule has 1 aliphatic rings. The summed E-state index contributed by atoms with van der Waals surface area (Å²) in [7, 11) is 0. The fourth-order valence-electron chi connectivity index (χ4n) is 4.12. The second-order valence-corrected chi connectivity index (χ2v) is 10.3. The van der Waals surface area contributed by atoms with Crippen LogP contribution in [-0.2, 0) is 32.4 Å². The van der Waals surface area contributed by atoms with Crippen molar-refractivity contribution in [3.8, 4) is 11.5 Å². The monoisotopic (exact) mass is 573 g/mol. The van der Waals surface area contributed by atoms with Crippen molar-refractivity contribution in [2.45, 2.75) is 32.4 Å². The van der Waals surface area contributed by atoms with E-state index in [2.05, 4.69) is 15.2 Å². The van der Waals surface area contributed by atoms with Crippen LogP contribution in [0.2, 0.25) is 5.02 Å². The Morgan fingerprint density at radius 2 is 1.69 bits per heavy atom. The minimum absolute atomic E-state index is 0.0393. The van der Waals surface area contributed by atoms with Crippen molar-refractivity contribution < 1.29 is 27.4 Å². The number of benzene rings is 3. The van der Waals surface area contributed by atoms with Crippen molar-refractivity contribution in [2.75, 3.05) is 6.79 Å². The van der Waals surface area contributed by atoms with Crippen LogP contribution in [0, 0.1) is 0 Å². The summed E-state index contributed by atoms with van der Waals surface area (Å²) < 4.78 is 49.8. The first-order valence-corrected chi connectivity index (χ1v) is 13.2. The molecule has 1 aliphatic heterocycles. The third-order valence-electron chi connectivity index (χ3n) is 6.01. The van der Waals surface area contributed by atoms with E-state index in [1.807, 2.05) is 42.5 Å². The Morgan fingerprint density at radius 1 is 0.949 bits per heavy atom. The summed E-state index contributed by atoms with van der Waals surface area (Å²) in [6.45, 7) is 1.84. The van der Waals surface area contributed by atoms with Crippen molar-refractivity contribution >= 4 is 28.8 Å². The number of amides is 1. The normalized spacial score (nSPS) is 12.6. The predicted molar refractivity (Wildman–Crippen MR) is 142 cm³/mol. The van der Waals surface area contributed by atoms with E-state index in [9.17, 15) is 18.0 Å². The second kappa shape index (κ2) is 11.6. The molecule has 0 atom stereocenters. The molecule has 5 rings (SSSR count). The molecule has 0 aliphatic carbocycles. The summed E-state index contributed by atoms with van der Waals surface area (Å²) >= 11 is 7.40. The quantitative estimate of drug-likeness (QED) is 0.242. The van der Waals surface area contributed by atoms with Crippen LogP contribution >= 0.6 is 22.9 Å². The lowest BCUT2D eigenvalue weighted by atomic mass is 10.1. The molecule has 0 saturated carbocycles. The lowest BCUT2D eigenvalue weighted by molar-refractivity contribution is -0.137. The minimum atomic E-state index is -4.44. The molecule has 0 unspecified atom stereocenters. The maximum Gasteiger partial charge on any atom is 0.416 e. The van der Waals surface area contributed by atoms with Crippen LogP contribution in [-0.4, -0.2) is 22.6 Å². The molecule has 6 nitrogen and oxygen atoms in total. The lowest BCUT2D eigenvalue weighted by Gasteiger charge is -2.22. The van der Waals surface area contributed by atoms with Crippen LogP contribution in [0.3, 0.4) is 0 Å². The van der Waals surface area contributed by atoms with Gasteiger partial charge in [-0.15, -0.1) is 11.3 Å². The van der Waals surface area contributed by atoms with E-state index in [0.29, 0.717) is 41.7 Å². The highest BCUT2D eigenvalue weighted by atomic mass is 35.5. The van der Waals surface area contributed by atoms with Crippen LogP contribution < -0.4 is 14.8 Å². The van der Waals surface area contributed by atoms with E-state index < -0.39 is 17.6 Å². The number of aromatic nitrogens is 1. The average molecular weight is 574 g/mol. The zero-order valence-corrected chi connectivity index (χ0v) is 22.1. The van der Waals surface area contributed by atoms with Gasteiger partial charge < -0.3 is 14.8 Å². The van der Waals surface area contributed by atoms with Crippen LogP contribution in [0.5, 0.6) is 11.5 Å². The average Bonchev–Trinajstić information content (AvgIpc) is 3.58. The van der Waals surface area contributed by atoms with Crippen molar-refractivity contribution in [1.82, 2.24) is 15.2 Å². The Hall–Kier alpha value is -3.60. The molecular formula is C28H23ClF3N3O3S. The molecule has 202 valence electrons. The zero-order chi connectivity index (χ0) is 27.4. The summed E-state index contributed by atoms with van der Waals surface area (Å²) in [5, 5.41) is 5.69. The lowest BCUT2D eigenvalue weighted by Crippen LogP contribution is -2.24. The van der Waals surface area contributed by atoms with E-state index in [0.717, 1.165) is 28.3 Å². The van der Waals surface area contributed by atoms with E-state index >= 15 is 0 Å². The minimum Gasteiger partial charge on any atom is -0.454 e. The number of carbonyl (C=O) groups is 1. The number of hydrogen-bond donors (Lipinski definition) is 1. The largest absolute Gasteiger partial charge is 0.454 e. The van der Waals surface area contributed by atoms with Gasteiger partial charge in [0.25, 0.3) is 5.91 Å². The first kappa shape index (κ1) is 27.0. The number of halogens is 4. The van der Waals surface area contributed by atoms with Crippen molar-refractivity contribution in [1.29, 1.82) is 0 Å². The molecule has 4 aromatic rings. The number of carbonyl (C=O) groups excluding carboxylic acids is 1. The predicted octanol–water partition coefficient (Wildman–Crippen LogP) is 6.68. The fourth-order valence-corrected chi connectivity index (χ4v) is 5.06. The Labute approximate surface area is 232 Å². The van der Waals surface area contributed by atoms with Gasteiger partial charge in [0.1, 0.15) is 10.7 Å². The summed E-state index contributed by atoms with van der Waals surface area (Å²) in [4.78, 5) is 19.4. The number of thiazole rings is 1. The molecule has 11 heteroatoms. The van der Waals surface area contributed by atoms with Crippen molar-refractivity contribution in [3.05, 3.63) is 110 Å². The van der Waals surface area contributed by atoms with Gasteiger partial charge in [0.15, 0.2) is 11.5 Å². The van der Waals surface area contributed by atoms with Gasteiger partial charge in [0, 0.05) is 30.0 Å². The van der Waals surface area contributed by atoms with Gasteiger partial charge in [-0.25, -0.2) is 4.98 Å². The van der Waals surface area contributed by atoms with Gasteiger partial charge >= 0.3 is 6.18 Å². The molecule has 0 bridgehead atoms. The number of alkyl halides is 3. The first-order valence-electron chi connectivity index (χ1n) is 12.0. The number of nitrogens with zero attached hydrogens (tertiary/aromatic N) is 2. The standard InChI is InChI=1S/C28H23ClF3N3O3S/c29-22-7-4-18(5-8-22)13-35(14-20-6-9-24-25(11-20)38-17-37-24)15-26-34-23(16-39-26)27(36)33-12-19-2-1-3-21(10-19)28(30,31)32/h1-11,16H,12-15,17H2,(H,33,36). The first-order chi connectivity index (χ1) is 18.7. The number of nitrogens with one attached hydrogen (secondary N) is 1. The Kier molecular flexibility index (Phi) is 8.06. The highest BCUT2D eigenvalue weighted by Gasteiger charge is 2.30. The van der Waals surface area contributed by atoms with Gasteiger partial charge in [0.05, 0.1) is 12.1 Å². The highest BCUT2D eigenvalue weighted by Crippen LogP contribution is 2.33. The molecule has 1 aromatic heterocycles. The van der Waals surface area contributed by atoms with Gasteiger partial charge in [-0.05, 0) is 53.1 Å². The maximum atomic E-state index is 13.0. The molecule has 39 heavy (non-hydrogen) atoms. The number of hydrogen-bond acceptors (Lipinski definition) is 6. The number of fused-ring (bicyclic) bond motifs is 1. The van der Waals surface area contributed by atoms with Crippen molar-refractivity contribution in [2.24, 2.45) is 0 Å². The van der Waals surface area contributed by atoms with Gasteiger partial charge in [-0.2, -0.15) is 13.2 Å². The summed E-state index contributed by atoms with van der Waals surface area (Å²) in [5.74, 6) is 0.964. The van der Waals surface area contributed by atoms with Crippen LogP contribution in [0.4, 0.5) is 13.2 Å². The Bertz CT molecular complexity index is 1460. The number of ether oxygens (including phenoxy) is 2. The van der Waals surface area contributed by atoms with Gasteiger partial charge in [0.2, 0.25) is 6.79 Å². The second-order valence-electron chi connectivity index (χ2n) is 8.97. The molecular weight excluding hydrogens is 551 g/mol. The van der Waals surface area contributed by atoms with Gasteiger partial charge in [-0.3, -0.25) is 9.69 Å². The van der Waals surface area contributed by atoms with E-state index in [1.165, 1.54) is 23.5 Å². The van der Waals surface area contributed by atoms with E-state index in [1.54, 1.807) is 5.38 Å². The Balaban J connectivity index is 1.26. The van der Waals surface area contributed by atoms with Crippen LogP contribution in [0.1, 0.15) is 37.7 Å². The fraction of sp³-hybridized carbons (Fsp3) is 0.214. The molecule has 3 aromatic carbocycles. The molecule has 0 fully saturated rings. The van der Waals surface area contributed by atoms with Crippen LogP contribution in [0.25, 0.3) is 0 Å². The molecule has 0 saturated heterocycles. The highest BCUT2D eigenvalue weighted by molar-refractivity contribution is 7.09. The molecule has 1 N–H and O–H groups in total. The Morgan fingerprint density at radius 3 is 2.49 bits per heavy atom. The molecule has 0 spiro atoms. The van der Waals surface area contributed by atoms with E-state index in [-0.39, 0.29) is 19.0 Å². The molecule has 0 radical (unpaired) electrons. The smallest absolute Gasteiger partial charge is 0.416 e. The molecule has 2 heterocycles. The SMILES string of the molecule is O=C(NCc1cccc(C(F)(F)F)c1)c1csc(CN(Cc2ccc(Cl)cc2)Cc2ccc3c(c2)OCO3)n1. The maximum absolute atomic E-state index is 13.0. The van der Waals surface area contributed by atoms with Crippen molar-refractivity contribution in [3.63, 3.8) is 0 Å². The number of rotatable bonds is 9. The summed E-state index contributed by atoms with van der Waals surface area (Å²) in [5.41, 5.74) is 1.91. The van der Waals surface area contributed by atoms with E-state index in [4.69, 9.17) is 21.1 Å². The zero-order valence-electron chi connectivity index (χ0n) is 20.5. The van der Waals surface area contributed by atoms with Crippen LogP contribution in [0.15, 0.2) is 72.1 Å². The third-order valence-corrected chi connectivity index (χ3v) is 7.10. The summed E-state index contributed by atoms with van der Waals surface area (Å²) in [6, 6.07) is 18.3. The topological polar surface area (TPSA) is 63.7 Å². The van der Waals surface area contributed by atoms with Gasteiger partial charge in [-0.1, -0.05) is 41.9 Å². The third kappa shape index (κ3) is 7.08. The molecule has 1 amide bonds.